The first-order valence-electron chi connectivity index (χ1n) is 8.22. The number of anilines is 2. The van der Waals surface area contributed by atoms with E-state index in [1.807, 2.05) is 6.07 Å². The highest BCUT2D eigenvalue weighted by Gasteiger charge is 2.23. The zero-order valence-corrected chi connectivity index (χ0v) is 15.4. The first-order chi connectivity index (χ1) is 12.6. The molecule has 0 spiro atoms. The van der Waals surface area contributed by atoms with Gasteiger partial charge in [0.1, 0.15) is 11.3 Å². The van der Waals surface area contributed by atoms with Gasteiger partial charge in [0.05, 0.1) is 4.70 Å². The second-order valence-corrected chi connectivity index (χ2v) is 7.44. The molecular weight excluding hydrogens is 375 g/mol. The predicted octanol–water partition coefficient (Wildman–Crippen LogP) is 4.44. The maximum atomic E-state index is 13.8. The van der Waals surface area contributed by atoms with Crippen molar-refractivity contribution in [2.75, 3.05) is 36.4 Å². The third-order valence-electron chi connectivity index (χ3n) is 4.29. The van der Waals surface area contributed by atoms with Crippen LogP contribution in [0.15, 0.2) is 42.5 Å². The lowest BCUT2D eigenvalue weighted by atomic mass is 10.3. The maximum Gasteiger partial charge on any atom is 0.321 e. The van der Waals surface area contributed by atoms with Crippen LogP contribution in [0.1, 0.15) is 0 Å². The molecule has 1 aliphatic rings. The first-order valence-corrected chi connectivity index (χ1v) is 9.41. The quantitative estimate of drug-likeness (QED) is 0.703. The fourth-order valence-corrected chi connectivity index (χ4v) is 4.03. The Bertz CT molecular complexity index is 938. The Labute approximate surface area is 159 Å². The lowest BCUT2D eigenvalue weighted by Gasteiger charge is -2.34. The van der Waals surface area contributed by atoms with E-state index in [1.54, 1.807) is 35.2 Å². The molecule has 2 amide bonds. The van der Waals surface area contributed by atoms with Gasteiger partial charge in [-0.25, -0.2) is 14.2 Å². The summed E-state index contributed by atoms with van der Waals surface area (Å²) in [5.74, 6) is -0.300. The minimum atomic E-state index is -0.300. The maximum absolute atomic E-state index is 13.8. The number of nitrogens with zero attached hydrogens (tertiary/aromatic N) is 3. The summed E-state index contributed by atoms with van der Waals surface area (Å²) in [6.45, 7) is 2.49. The number of piperazine rings is 1. The smallest absolute Gasteiger partial charge is 0.321 e. The average molecular weight is 391 g/mol. The van der Waals surface area contributed by atoms with Crippen molar-refractivity contribution in [1.82, 2.24) is 9.88 Å². The number of aromatic nitrogens is 1. The van der Waals surface area contributed by atoms with Crippen molar-refractivity contribution < 1.29 is 9.18 Å². The van der Waals surface area contributed by atoms with E-state index in [4.69, 9.17) is 11.6 Å². The number of nitrogens with one attached hydrogen (secondary N) is 1. The van der Waals surface area contributed by atoms with Gasteiger partial charge in [-0.05, 0) is 36.4 Å². The highest BCUT2D eigenvalue weighted by molar-refractivity contribution is 7.22. The van der Waals surface area contributed by atoms with E-state index in [1.165, 1.54) is 17.4 Å². The molecule has 2 aromatic carbocycles. The summed E-state index contributed by atoms with van der Waals surface area (Å²) in [5, 5.41) is 4.29. The molecule has 1 N–H and O–H groups in total. The van der Waals surface area contributed by atoms with Crippen molar-refractivity contribution in [3.63, 3.8) is 0 Å². The lowest BCUT2D eigenvalue weighted by molar-refractivity contribution is 0.208. The molecule has 0 aliphatic carbocycles. The number of rotatable bonds is 2. The van der Waals surface area contributed by atoms with E-state index in [9.17, 15) is 9.18 Å². The Hall–Kier alpha value is -2.38. The third kappa shape index (κ3) is 3.45. The summed E-state index contributed by atoms with van der Waals surface area (Å²) in [6, 6.07) is 11.9. The summed E-state index contributed by atoms with van der Waals surface area (Å²) < 4.78 is 14.7. The van der Waals surface area contributed by atoms with Crippen molar-refractivity contribution in [3.8, 4) is 0 Å². The molecule has 1 saturated heterocycles. The summed E-state index contributed by atoms with van der Waals surface area (Å²) in [7, 11) is 0. The second kappa shape index (κ2) is 7.09. The molecular formula is C18H16ClFN4OS. The van der Waals surface area contributed by atoms with E-state index in [2.05, 4.69) is 15.2 Å². The van der Waals surface area contributed by atoms with Gasteiger partial charge in [-0.15, -0.1) is 0 Å². The van der Waals surface area contributed by atoms with E-state index in [0.717, 1.165) is 9.83 Å². The molecule has 0 saturated carbocycles. The summed E-state index contributed by atoms with van der Waals surface area (Å²) in [5.41, 5.74) is 1.12. The monoisotopic (exact) mass is 390 g/mol. The Balaban J connectivity index is 1.39. The number of para-hydroxylation sites is 1. The Morgan fingerprint density at radius 2 is 1.85 bits per heavy atom. The van der Waals surface area contributed by atoms with Gasteiger partial charge in [-0.3, -0.25) is 0 Å². The van der Waals surface area contributed by atoms with Gasteiger partial charge >= 0.3 is 6.03 Å². The number of benzene rings is 2. The predicted molar refractivity (Wildman–Crippen MR) is 104 cm³/mol. The van der Waals surface area contributed by atoms with Crippen LogP contribution >= 0.6 is 22.9 Å². The van der Waals surface area contributed by atoms with Crippen LogP contribution < -0.4 is 10.2 Å². The van der Waals surface area contributed by atoms with Crippen LogP contribution in [-0.2, 0) is 0 Å². The fraction of sp³-hybridized carbons (Fsp3) is 0.222. The molecule has 2 heterocycles. The molecule has 134 valence electrons. The van der Waals surface area contributed by atoms with Crippen molar-refractivity contribution >= 4 is 50.0 Å². The molecule has 3 aromatic rings. The lowest BCUT2D eigenvalue weighted by Crippen LogP contribution is -2.50. The highest BCUT2D eigenvalue weighted by Crippen LogP contribution is 2.30. The average Bonchev–Trinajstić information content (AvgIpc) is 3.09. The number of urea groups is 1. The highest BCUT2D eigenvalue weighted by atomic mass is 35.5. The molecule has 0 atom stereocenters. The molecule has 0 unspecified atom stereocenters. The van der Waals surface area contributed by atoms with Crippen molar-refractivity contribution in [3.05, 3.63) is 53.3 Å². The summed E-state index contributed by atoms with van der Waals surface area (Å²) in [6.07, 6.45) is 0. The normalized spacial score (nSPS) is 14.7. The molecule has 4 rings (SSSR count). The van der Waals surface area contributed by atoms with Crippen LogP contribution in [0.2, 0.25) is 5.02 Å². The van der Waals surface area contributed by atoms with Gasteiger partial charge in [-0.2, -0.15) is 0 Å². The molecule has 1 fully saturated rings. The number of carbonyl (C=O) groups is 1. The van der Waals surface area contributed by atoms with Crippen molar-refractivity contribution in [1.29, 1.82) is 0 Å². The van der Waals surface area contributed by atoms with Crippen LogP contribution in [0.3, 0.4) is 0 Å². The van der Waals surface area contributed by atoms with Crippen molar-refractivity contribution in [2.24, 2.45) is 0 Å². The van der Waals surface area contributed by atoms with Crippen LogP contribution in [0.25, 0.3) is 10.2 Å². The van der Waals surface area contributed by atoms with Gasteiger partial charge in [0, 0.05) is 36.9 Å². The number of halogens is 2. The second-order valence-electron chi connectivity index (χ2n) is 5.99. The molecule has 0 bridgehead atoms. The van der Waals surface area contributed by atoms with Crippen LogP contribution in [0.5, 0.6) is 0 Å². The number of hydrogen-bond acceptors (Lipinski definition) is 4. The number of amides is 2. The van der Waals surface area contributed by atoms with E-state index >= 15 is 0 Å². The van der Waals surface area contributed by atoms with E-state index in [0.29, 0.717) is 42.4 Å². The molecule has 0 radical (unpaired) electrons. The number of fused-ring (bicyclic) bond motifs is 1. The number of hydrogen-bond donors (Lipinski definition) is 1. The largest absolute Gasteiger partial charge is 0.345 e. The summed E-state index contributed by atoms with van der Waals surface area (Å²) in [4.78, 5) is 20.7. The topological polar surface area (TPSA) is 48.5 Å². The Morgan fingerprint density at radius 3 is 2.54 bits per heavy atom. The molecule has 1 aromatic heterocycles. The van der Waals surface area contributed by atoms with Crippen molar-refractivity contribution in [2.45, 2.75) is 0 Å². The molecule has 26 heavy (non-hydrogen) atoms. The number of carbonyl (C=O) groups excluding carboxylic acids is 1. The SMILES string of the molecule is O=C(Nc1ccc(Cl)cc1)N1CCN(c2nc3c(F)cccc3s2)CC1. The van der Waals surface area contributed by atoms with E-state index < -0.39 is 0 Å². The van der Waals surface area contributed by atoms with Gasteiger partial charge in [0.2, 0.25) is 0 Å². The van der Waals surface area contributed by atoms with Crippen LogP contribution in [0, 0.1) is 5.82 Å². The van der Waals surface area contributed by atoms with E-state index in [-0.39, 0.29) is 11.8 Å². The van der Waals surface area contributed by atoms with Crippen LogP contribution in [-0.4, -0.2) is 42.1 Å². The minimum Gasteiger partial charge on any atom is -0.345 e. The zero-order valence-electron chi connectivity index (χ0n) is 13.8. The zero-order chi connectivity index (χ0) is 18.1. The van der Waals surface area contributed by atoms with Gasteiger partial charge in [-0.1, -0.05) is 29.0 Å². The van der Waals surface area contributed by atoms with Gasteiger partial charge in [0.25, 0.3) is 0 Å². The minimum absolute atomic E-state index is 0.137. The third-order valence-corrected chi connectivity index (χ3v) is 5.62. The fourth-order valence-electron chi connectivity index (χ4n) is 2.88. The number of thiazole rings is 1. The van der Waals surface area contributed by atoms with Crippen LogP contribution in [0.4, 0.5) is 20.0 Å². The Morgan fingerprint density at radius 1 is 1.12 bits per heavy atom. The Kier molecular flexibility index (Phi) is 4.65. The molecule has 5 nitrogen and oxygen atoms in total. The van der Waals surface area contributed by atoms with Gasteiger partial charge < -0.3 is 15.1 Å². The molecule has 1 aliphatic heterocycles. The molecule has 8 heteroatoms. The van der Waals surface area contributed by atoms with Gasteiger partial charge in [0.15, 0.2) is 5.13 Å². The summed E-state index contributed by atoms with van der Waals surface area (Å²) >= 11 is 7.33. The first kappa shape index (κ1) is 17.1. The standard InChI is InChI=1S/C18H16ClFN4OS/c19-12-4-6-13(7-5-12)21-17(25)23-8-10-24(11-9-23)18-22-16-14(20)2-1-3-15(16)26-18/h1-7H,8-11H2,(H,21,25).